The summed E-state index contributed by atoms with van der Waals surface area (Å²) in [7, 11) is 6.74. The lowest BCUT2D eigenvalue weighted by molar-refractivity contribution is 0.108. The van der Waals surface area contributed by atoms with Crippen molar-refractivity contribution in [2.45, 2.75) is 19.1 Å². The van der Waals surface area contributed by atoms with Crippen LogP contribution in [0.3, 0.4) is 0 Å². The van der Waals surface area contributed by atoms with E-state index in [1.807, 2.05) is 60.7 Å². The molecule has 3 aromatic carbocycles. The van der Waals surface area contributed by atoms with Gasteiger partial charge in [-0.05, 0) is 66.1 Å². The van der Waals surface area contributed by atoms with Crippen molar-refractivity contribution in [1.82, 2.24) is 14.5 Å². The predicted molar refractivity (Wildman–Crippen MR) is 140 cm³/mol. The molecular formula is C28H33N3O5. The highest BCUT2D eigenvalue weighted by Crippen LogP contribution is 2.27. The Hall–Kier alpha value is -3.75. The van der Waals surface area contributed by atoms with Gasteiger partial charge in [-0.3, -0.25) is 9.13 Å². The van der Waals surface area contributed by atoms with Crippen LogP contribution in [0.15, 0.2) is 65.5 Å². The molecule has 2 N–H and O–H groups in total. The molecule has 0 saturated heterocycles. The van der Waals surface area contributed by atoms with Crippen LogP contribution in [-0.2, 0) is 27.1 Å². The van der Waals surface area contributed by atoms with Crippen LogP contribution >= 0.6 is 0 Å². The van der Waals surface area contributed by atoms with E-state index >= 15 is 0 Å². The first-order chi connectivity index (χ1) is 17.4. The summed E-state index contributed by atoms with van der Waals surface area (Å²) in [6.45, 7) is 1.69. The van der Waals surface area contributed by atoms with Gasteiger partial charge in [-0.2, -0.15) is 0 Å². The van der Waals surface area contributed by atoms with Gasteiger partial charge in [-0.1, -0.05) is 24.3 Å². The van der Waals surface area contributed by atoms with Gasteiger partial charge in [-0.25, -0.2) is 4.79 Å². The largest absolute Gasteiger partial charge is 0.493 e. The van der Waals surface area contributed by atoms with Crippen LogP contribution in [0.5, 0.6) is 17.2 Å². The third-order valence-electron chi connectivity index (χ3n) is 6.38. The van der Waals surface area contributed by atoms with E-state index in [0.717, 1.165) is 47.6 Å². The molecule has 8 nitrogen and oxygen atoms in total. The Morgan fingerprint density at radius 3 is 2.28 bits per heavy atom. The number of fused-ring (bicyclic) bond motifs is 1. The number of imidazole rings is 1. The SMILES string of the molecule is COc1ccc(CCNCc2ccc(OC[C@H](O)c3ccc4c(c3)n(C)c(=O)n4C)cc2)cc1OC. The van der Waals surface area contributed by atoms with Gasteiger partial charge >= 0.3 is 5.69 Å². The summed E-state index contributed by atoms with van der Waals surface area (Å²) < 4.78 is 19.6. The minimum Gasteiger partial charge on any atom is -0.493 e. The number of hydrogen-bond acceptors (Lipinski definition) is 6. The Morgan fingerprint density at radius 1 is 0.861 bits per heavy atom. The van der Waals surface area contributed by atoms with Crippen molar-refractivity contribution in [2.24, 2.45) is 14.1 Å². The van der Waals surface area contributed by atoms with Gasteiger partial charge in [0.25, 0.3) is 0 Å². The molecule has 4 aromatic rings. The molecule has 1 aromatic heterocycles. The molecule has 190 valence electrons. The zero-order chi connectivity index (χ0) is 25.7. The minimum absolute atomic E-state index is 0.0940. The van der Waals surface area contributed by atoms with E-state index in [4.69, 9.17) is 14.2 Å². The molecule has 8 heteroatoms. The second-order valence-electron chi connectivity index (χ2n) is 8.74. The predicted octanol–water partition coefficient (Wildman–Crippen LogP) is 3.34. The van der Waals surface area contributed by atoms with Crippen LogP contribution in [0.1, 0.15) is 22.8 Å². The molecule has 0 aliphatic heterocycles. The van der Waals surface area contributed by atoms with Gasteiger partial charge in [0.15, 0.2) is 11.5 Å². The lowest BCUT2D eigenvalue weighted by Crippen LogP contribution is -2.19. The third kappa shape index (κ3) is 5.56. The van der Waals surface area contributed by atoms with Crippen molar-refractivity contribution in [3.8, 4) is 17.2 Å². The summed E-state index contributed by atoms with van der Waals surface area (Å²) in [5.74, 6) is 2.16. The smallest absolute Gasteiger partial charge is 0.328 e. The molecule has 36 heavy (non-hydrogen) atoms. The molecule has 0 spiro atoms. The summed E-state index contributed by atoms with van der Waals surface area (Å²) in [6, 6.07) is 19.3. The van der Waals surface area contributed by atoms with Gasteiger partial charge in [0, 0.05) is 20.6 Å². The highest BCUT2D eigenvalue weighted by molar-refractivity contribution is 5.77. The van der Waals surface area contributed by atoms with E-state index in [1.54, 1.807) is 37.4 Å². The molecule has 0 unspecified atom stereocenters. The Balaban J connectivity index is 1.25. The van der Waals surface area contributed by atoms with Crippen molar-refractivity contribution in [1.29, 1.82) is 0 Å². The molecule has 0 bridgehead atoms. The Morgan fingerprint density at radius 2 is 1.56 bits per heavy atom. The number of aromatic nitrogens is 2. The molecule has 0 amide bonds. The summed E-state index contributed by atoms with van der Waals surface area (Å²) in [5, 5.41) is 14.1. The van der Waals surface area contributed by atoms with E-state index in [0.29, 0.717) is 11.3 Å². The third-order valence-corrected chi connectivity index (χ3v) is 6.38. The maximum atomic E-state index is 12.1. The first kappa shape index (κ1) is 25.3. The van der Waals surface area contributed by atoms with Crippen molar-refractivity contribution in [3.05, 3.63) is 87.8 Å². The summed E-state index contributed by atoms with van der Waals surface area (Å²) in [6.07, 6.45) is 0.0742. The topological polar surface area (TPSA) is 86.9 Å². The molecule has 0 fully saturated rings. The van der Waals surface area contributed by atoms with Gasteiger partial charge in [0.2, 0.25) is 0 Å². The second kappa shape index (κ2) is 11.3. The lowest BCUT2D eigenvalue weighted by Gasteiger charge is -2.14. The number of nitrogens with zero attached hydrogens (tertiary/aromatic N) is 2. The van der Waals surface area contributed by atoms with Crippen LogP contribution in [0.2, 0.25) is 0 Å². The fraction of sp³-hybridized carbons (Fsp3) is 0.321. The first-order valence-corrected chi connectivity index (χ1v) is 11.9. The molecular weight excluding hydrogens is 458 g/mol. The van der Waals surface area contributed by atoms with E-state index in [1.165, 1.54) is 5.56 Å². The molecule has 0 radical (unpaired) electrons. The summed E-state index contributed by atoms with van der Waals surface area (Å²) >= 11 is 0. The van der Waals surface area contributed by atoms with Gasteiger partial charge in [0.1, 0.15) is 18.5 Å². The number of benzene rings is 3. The van der Waals surface area contributed by atoms with Gasteiger partial charge < -0.3 is 24.6 Å². The highest BCUT2D eigenvalue weighted by Gasteiger charge is 2.13. The Kier molecular flexibility index (Phi) is 7.97. The fourth-order valence-corrected chi connectivity index (χ4v) is 4.21. The number of ether oxygens (including phenoxy) is 3. The van der Waals surface area contributed by atoms with E-state index in [-0.39, 0.29) is 12.3 Å². The van der Waals surface area contributed by atoms with E-state index in [9.17, 15) is 9.90 Å². The van der Waals surface area contributed by atoms with Crippen LogP contribution < -0.4 is 25.2 Å². The van der Waals surface area contributed by atoms with E-state index < -0.39 is 6.10 Å². The van der Waals surface area contributed by atoms with Gasteiger partial charge in [0.05, 0.1) is 25.3 Å². The monoisotopic (exact) mass is 491 g/mol. The second-order valence-corrected chi connectivity index (χ2v) is 8.74. The first-order valence-electron chi connectivity index (χ1n) is 11.9. The Bertz CT molecular complexity index is 1370. The van der Waals surface area contributed by atoms with Crippen LogP contribution in [0, 0.1) is 0 Å². The molecule has 0 aliphatic rings. The molecule has 0 aliphatic carbocycles. The number of aliphatic hydroxyl groups is 1. The number of aryl methyl sites for hydroxylation is 2. The maximum absolute atomic E-state index is 12.1. The highest BCUT2D eigenvalue weighted by atomic mass is 16.5. The zero-order valence-electron chi connectivity index (χ0n) is 21.2. The average molecular weight is 492 g/mol. The molecule has 1 atom stereocenters. The molecule has 4 rings (SSSR count). The van der Waals surface area contributed by atoms with E-state index in [2.05, 4.69) is 5.32 Å². The average Bonchev–Trinajstić information content (AvgIpc) is 3.13. The molecule has 0 saturated carbocycles. The fourth-order valence-electron chi connectivity index (χ4n) is 4.21. The number of rotatable bonds is 11. The quantitative estimate of drug-likeness (QED) is 0.313. The molecule has 1 heterocycles. The van der Waals surface area contributed by atoms with Crippen molar-refractivity contribution in [3.63, 3.8) is 0 Å². The number of methoxy groups -OCH3 is 2. The number of aliphatic hydroxyl groups excluding tert-OH is 1. The van der Waals surface area contributed by atoms with Crippen LogP contribution in [-0.4, -0.2) is 41.6 Å². The van der Waals surface area contributed by atoms with Crippen LogP contribution in [0.4, 0.5) is 0 Å². The summed E-state index contributed by atoms with van der Waals surface area (Å²) in [5.41, 5.74) is 4.54. The van der Waals surface area contributed by atoms with Crippen molar-refractivity contribution < 1.29 is 19.3 Å². The summed E-state index contributed by atoms with van der Waals surface area (Å²) in [4.78, 5) is 12.1. The number of nitrogens with one attached hydrogen (secondary N) is 1. The zero-order valence-corrected chi connectivity index (χ0v) is 21.2. The standard InChI is InChI=1S/C28H33N3O5/c1-30-23-11-8-21(16-24(23)31(2)28(30)33)25(32)18-36-22-9-5-20(6-10-22)17-29-14-13-19-7-12-26(34-3)27(15-19)35-4/h5-12,15-16,25,29,32H,13-14,17-18H2,1-4H3/t25-/m0/s1. The maximum Gasteiger partial charge on any atom is 0.328 e. The number of hydrogen-bond donors (Lipinski definition) is 2. The minimum atomic E-state index is -0.803. The van der Waals surface area contributed by atoms with Gasteiger partial charge in [-0.15, -0.1) is 0 Å². The lowest BCUT2D eigenvalue weighted by atomic mass is 10.1. The van der Waals surface area contributed by atoms with Crippen molar-refractivity contribution >= 4 is 11.0 Å². The van der Waals surface area contributed by atoms with Crippen LogP contribution in [0.25, 0.3) is 11.0 Å². The van der Waals surface area contributed by atoms with Crippen molar-refractivity contribution in [2.75, 3.05) is 27.4 Å². The normalized spacial score (nSPS) is 12.0. The Labute approximate surface area is 210 Å².